The second kappa shape index (κ2) is 5.23. The van der Waals surface area contributed by atoms with E-state index in [2.05, 4.69) is 21.0 Å². The first-order valence-corrected chi connectivity index (χ1v) is 6.19. The summed E-state index contributed by atoms with van der Waals surface area (Å²) in [7, 11) is 0. The molecule has 1 aromatic heterocycles. The third-order valence-corrected chi connectivity index (χ3v) is 3.03. The summed E-state index contributed by atoms with van der Waals surface area (Å²) >= 11 is 3.43. The summed E-state index contributed by atoms with van der Waals surface area (Å²) in [5.41, 5.74) is 6.62. The molecule has 0 spiro atoms. The number of aryl methyl sites for hydroxylation is 1. The maximum Gasteiger partial charge on any atom is 0.134 e. The summed E-state index contributed by atoms with van der Waals surface area (Å²) in [6.45, 7) is 3.18. The van der Waals surface area contributed by atoms with E-state index in [-0.39, 0.29) is 0 Å². The highest BCUT2D eigenvalue weighted by Gasteiger charge is 2.05. The fourth-order valence-electron chi connectivity index (χ4n) is 1.52. The molecule has 1 heterocycles. The molecular formula is C12H14BrN3O. The van der Waals surface area contributed by atoms with Crippen LogP contribution in [0.5, 0.6) is 5.75 Å². The van der Waals surface area contributed by atoms with Gasteiger partial charge in [-0.1, -0.05) is 12.1 Å². The standard InChI is InChI=1S/C12H14BrN3O/c1-2-16-12(14)7-9(15-16)8-17-11-6-4-3-5-10(11)13/h3-7H,2,8,14H2,1H3. The van der Waals surface area contributed by atoms with Gasteiger partial charge in [-0.05, 0) is 35.0 Å². The van der Waals surface area contributed by atoms with Gasteiger partial charge < -0.3 is 10.5 Å². The second-order valence-electron chi connectivity index (χ2n) is 3.60. The van der Waals surface area contributed by atoms with Crippen molar-refractivity contribution in [3.8, 4) is 5.75 Å². The molecule has 0 amide bonds. The maximum atomic E-state index is 5.79. The highest BCUT2D eigenvalue weighted by atomic mass is 79.9. The van der Waals surface area contributed by atoms with E-state index in [9.17, 15) is 0 Å². The molecule has 1 aromatic carbocycles. The van der Waals surface area contributed by atoms with Crippen LogP contribution in [-0.4, -0.2) is 9.78 Å². The monoisotopic (exact) mass is 295 g/mol. The van der Waals surface area contributed by atoms with E-state index in [0.29, 0.717) is 12.4 Å². The van der Waals surface area contributed by atoms with Crippen LogP contribution in [0.15, 0.2) is 34.8 Å². The van der Waals surface area contributed by atoms with Crippen LogP contribution in [0.3, 0.4) is 0 Å². The zero-order valence-corrected chi connectivity index (χ0v) is 11.1. The van der Waals surface area contributed by atoms with Gasteiger partial charge in [0.1, 0.15) is 23.9 Å². The number of anilines is 1. The number of aromatic nitrogens is 2. The van der Waals surface area contributed by atoms with E-state index < -0.39 is 0 Å². The summed E-state index contributed by atoms with van der Waals surface area (Å²) in [6, 6.07) is 9.55. The van der Waals surface area contributed by atoms with Crippen molar-refractivity contribution in [2.24, 2.45) is 0 Å². The highest BCUT2D eigenvalue weighted by Crippen LogP contribution is 2.24. The molecule has 0 atom stereocenters. The molecule has 2 rings (SSSR count). The van der Waals surface area contributed by atoms with E-state index in [4.69, 9.17) is 10.5 Å². The Labute approximate surface area is 109 Å². The van der Waals surface area contributed by atoms with Gasteiger partial charge in [-0.3, -0.25) is 4.68 Å². The average molecular weight is 296 g/mol. The van der Waals surface area contributed by atoms with Gasteiger partial charge in [-0.2, -0.15) is 5.10 Å². The Morgan fingerprint density at radius 2 is 2.18 bits per heavy atom. The van der Waals surface area contributed by atoms with Gasteiger partial charge in [0, 0.05) is 12.6 Å². The van der Waals surface area contributed by atoms with Crippen molar-refractivity contribution >= 4 is 21.7 Å². The van der Waals surface area contributed by atoms with Gasteiger partial charge in [0.25, 0.3) is 0 Å². The molecule has 0 unspecified atom stereocenters. The van der Waals surface area contributed by atoms with Crippen LogP contribution in [0.1, 0.15) is 12.6 Å². The summed E-state index contributed by atoms with van der Waals surface area (Å²) in [6.07, 6.45) is 0. The Hall–Kier alpha value is -1.49. The van der Waals surface area contributed by atoms with E-state index in [1.165, 1.54) is 0 Å². The van der Waals surface area contributed by atoms with E-state index in [0.717, 1.165) is 22.5 Å². The lowest BCUT2D eigenvalue weighted by Gasteiger charge is -2.05. The summed E-state index contributed by atoms with van der Waals surface area (Å²) in [5.74, 6) is 1.47. The van der Waals surface area contributed by atoms with Gasteiger partial charge in [0.15, 0.2) is 0 Å². The van der Waals surface area contributed by atoms with Crippen LogP contribution < -0.4 is 10.5 Å². The third kappa shape index (κ3) is 2.79. The molecule has 0 bridgehead atoms. The molecule has 0 radical (unpaired) electrons. The molecule has 0 fully saturated rings. The van der Waals surface area contributed by atoms with Crippen molar-refractivity contribution in [3.63, 3.8) is 0 Å². The Bertz CT molecular complexity index is 510. The zero-order chi connectivity index (χ0) is 12.3. The van der Waals surface area contributed by atoms with Gasteiger partial charge in [0.2, 0.25) is 0 Å². The quantitative estimate of drug-likeness (QED) is 0.944. The summed E-state index contributed by atoms with van der Waals surface area (Å²) in [4.78, 5) is 0. The molecule has 4 nitrogen and oxygen atoms in total. The van der Waals surface area contributed by atoms with E-state index in [1.54, 1.807) is 4.68 Å². The first-order valence-electron chi connectivity index (χ1n) is 5.40. The van der Waals surface area contributed by atoms with Crippen LogP contribution in [0.4, 0.5) is 5.82 Å². The van der Waals surface area contributed by atoms with Gasteiger partial charge in [-0.15, -0.1) is 0 Å². The number of nitrogen functional groups attached to an aromatic ring is 1. The fraction of sp³-hybridized carbons (Fsp3) is 0.250. The fourth-order valence-corrected chi connectivity index (χ4v) is 1.92. The number of para-hydroxylation sites is 1. The summed E-state index contributed by atoms with van der Waals surface area (Å²) < 4.78 is 8.34. The lowest BCUT2D eigenvalue weighted by Crippen LogP contribution is -2.02. The Kier molecular flexibility index (Phi) is 3.68. The number of nitrogens with zero attached hydrogens (tertiary/aromatic N) is 2. The smallest absolute Gasteiger partial charge is 0.134 e. The van der Waals surface area contributed by atoms with Crippen molar-refractivity contribution < 1.29 is 4.74 Å². The van der Waals surface area contributed by atoms with E-state index >= 15 is 0 Å². The first kappa shape index (κ1) is 12.0. The lowest BCUT2D eigenvalue weighted by atomic mass is 10.3. The van der Waals surface area contributed by atoms with Crippen LogP contribution >= 0.6 is 15.9 Å². The van der Waals surface area contributed by atoms with Gasteiger partial charge in [0.05, 0.1) is 4.47 Å². The predicted molar refractivity (Wildman–Crippen MR) is 70.8 cm³/mol. The number of halogens is 1. The molecule has 0 saturated carbocycles. The number of hydrogen-bond acceptors (Lipinski definition) is 3. The van der Waals surface area contributed by atoms with Crippen molar-refractivity contribution in [3.05, 3.63) is 40.5 Å². The van der Waals surface area contributed by atoms with Gasteiger partial charge in [-0.25, -0.2) is 0 Å². The number of nitrogens with two attached hydrogens (primary N) is 1. The Balaban J connectivity index is 2.05. The maximum absolute atomic E-state index is 5.79. The second-order valence-corrected chi connectivity index (χ2v) is 4.45. The van der Waals surface area contributed by atoms with Crippen molar-refractivity contribution in [1.82, 2.24) is 9.78 Å². The van der Waals surface area contributed by atoms with E-state index in [1.807, 2.05) is 37.3 Å². The molecule has 90 valence electrons. The van der Waals surface area contributed by atoms with Crippen molar-refractivity contribution in [1.29, 1.82) is 0 Å². The number of ether oxygens (including phenoxy) is 1. The SMILES string of the molecule is CCn1nc(COc2ccccc2Br)cc1N. The molecule has 2 aromatic rings. The zero-order valence-electron chi connectivity index (χ0n) is 9.56. The number of rotatable bonds is 4. The molecule has 0 saturated heterocycles. The largest absolute Gasteiger partial charge is 0.486 e. The summed E-state index contributed by atoms with van der Waals surface area (Å²) in [5, 5.41) is 4.32. The normalized spacial score (nSPS) is 10.5. The topological polar surface area (TPSA) is 53.1 Å². The third-order valence-electron chi connectivity index (χ3n) is 2.37. The highest BCUT2D eigenvalue weighted by molar-refractivity contribution is 9.10. The Morgan fingerprint density at radius 1 is 1.41 bits per heavy atom. The molecule has 5 heteroatoms. The minimum Gasteiger partial charge on any atom is -0.486 e. The van der Waals surface area contributed by atoms with Crippen molar-refractivity contribution in [2.45, 2.75) is 20.1 Å². The van der Waals surface area contributed by atoms with Crippen LogP contribution in [0.25, 0.3) is 0 Å². The molecule has 0 aliphatic heterocycles. The van der Waals surface area contributed by atoms with Crippen LogP contribution in [0, 0.1) is 0 Å². The number of hydrogen-bond donors (Lipinski definition) is 1. The minimum atomic E-state index is 0.416. The molecule has 17 heavy (non-hydrogen) atoms. The molecule has 0 aliphatic carbocycles. The van der Waals surface area contributed by atoms with Crippen LogP contribution in [-0.2, 0) is 13.2 Å². The molecule has 0 aliphatic rings. The average Bonchev–Trinajstić information content (AvgIpc) is 2.69. The predicted octanol–water partition coefficient (Wildman–Crippen LogP) is 2.83. The molecule has 2 N–H and O–H groups in total. The minimum absolute atomic E-state index is 0.416. The first-order chi connectivity index (χ1) is 8.20. The Morgan fingerprint density at radius 3 is 2.82 bits per heavy atom. The number of benzene rings is 1. The molecular weight excluding hydrogens is 282 g/mol. The van der Waals surface area contributed by atoms with Gasteiger partial charge >= 0.3 is 0 Å². The lowest BCUT2D eigenvalue weighted by molar-refractivity contribution is 0.297. The van der Waals surface area contributed by atoms with Crippen LogP contribution in [0.2, 0.25) is 0 Å². The van der Waals surface area contributed by atoms with Crippen molar-refractivity contribution in [2.75, 3.05) is 5.73 Å².